The Kier molecular flexibility index (Phi) is 1.67. The van der Waals surface area contributed by atoms with Crippen molar-refractivity contribution in [2.24, 2.45) is 11.8 Å². The van der Waals surface area contributed by atoms with Gasteiger partial charge in [-0.25, -0.2) is 0 Å². The number of halogens is 1. The first kappa shape index (κ1) is 7.84. The Hall–Kier alpha value is 0.210. The number of hydrogen-bond donors (Lipinski definition) is 0. The van der Waals surface area contributed by atoms with Crippen LogP contribution in [0.2, 0.25) is 0 Å². The Bertz CT molecular complexity index is 157. The fourth-order valence-electron chi connectivity index (χ4n) is 1.90. The van der Waals surface area contributed by atoms with Gasteiger partial charge in [-0.2, -0.15) is 0 Å². The van der Waals surface area contributed by atoms with Crippen molar-refractivity contribution < 1.29 is 9.47 Å². The molecule has 3 heteroatoms. The lowest BCUT2D eigenvalue weighted by Crippen LogP contribution is -2.29. The highest BCUT2D eigenvalue weighted by Gasteiger charge is 2.59. The molecule has 2 fully saturated rings. The van der Waals surface area contributed by atoms with Crippen LogP contribution in [-0.4, -0.2) is 24.4 Å². The summed E-state index contributed by atoms with van der Waals surface area (Å²) in [6.45, 7) is 5.55. The summed E-state index contributed by atoms with van der Waals surface area (Å²) < 4.78 is 11.0. The van der Waals surface area contributed by atoms with Crippen molar-refractivity contribution in [3.05, 3.63) is 0 Å². The standard InChI is InChI=1S/C8H13ClO2/c1-5-6(7(5)9)8(2)10-3-4-11-8/h5-7H,3-4H2,1-2H3. The molecule has 1 saturated heterocycles. The van der Waals surface area contributed by atoms with Crippen molar-refractivity contribution in [1.29, 1.82) is 0 Å². The fourth-order valence-corrected chi connectivity index (χ4v) is 2.43. The lowest BCUT2D eigenvalue weighted by Gasteiger charge is -2.22. The summed E-state index contributed by atoms with van der Waals surface area (Å²) >= 11 is 6.01. The third-order valence-electron chi connectivity index (χ3n) is 2.74. The molecule has 3 unspecified atom stereocenters. The van der Waals surface area contributed by atoms with Gasteiger partial charge in [0.2, 0.25) is 0 Å². The summed E-state index contributed by atoms with van der Waals surface area (Å²) in [5.74, 6) is 0.553. The zero-order valence-electron chi connectivity index (χ0n) is 6.84. The number of rotatable bonds is 1. The highest BCUT2D eigenvalue weighted by Crippen LogP contribution is 2.53. The van der Waals surface area contributed by atoms with Gasteiger partial charge in [-0.15, -0.1) is 11.6 Å². The van der Waals surface area contributed by atoms with E-state index in [4.69, 9.17) is 21.1 Å². The molecule has 0 bridgehead atoms. The maximum absolute atomic E-state index is 6.01. The summed E-state index contributed by atoms with van der Waals surface area (Å²) in [6.07, 6.45) is 0. The first-order valence-corrected chi connectivity index (χ1v) is 4.51. The second kappa shape index (κ2) is 2.35. The van der Waals surface area contributed by atoms with Crippen LogP contribution in [0.15, 0.2) is 0 Å². The molecule has 1 aliphatic carbocycles. The first-order chi connectivity index (χ1) is 5.15. The van der Waals surface area contributed by atoms with Crippen molar-refractivity contribution in [1.82, 2.24) is 0 Å². The second-order valence-electron chi connectivity index (χ2n) is 3.54. The van der Waals surface area contributed by atoms with Crippen molar-refractivity contribution in [3.63, 3.8) is 0 Å². The summed E-state index contributed by atoms with van der Waals surface area (Å²) in [4.78, 5) is 0. The molecule has 11 heavy (non-hydrogen) atoms. The van der Waals surface area contributed by atoms with Crippen LogP contribution in [0, 0.1) is 11.8 Å². The van der Waals surface area contributed by atoms with Crippen LogP contribution in [-0.2, 0) is 9.47 Å². The number of hydrogen-bond acceptors (Lipinski definition) is 2. The Balaban J connectivity index is 2.04. The molecule has 0 aromatic rings. The van der Waals surface area contributed by atoms with Gasteiger partial charge in [0.15, 0.2) is 5.79 Å². The van der Waals surface area contributed by atoms with Crippen molar-refractivity contribution in [3.8, 4) is 0 Å². The third kappa shape index (κ3) is 1.08. The summed E-state index contributed by atoms with van der Waals surface area (Å²) in [5, 5.41) is 0.248. The minimum absolute atomic E-state index is 0.248. The smallest absolute Gasteiger partial charge is 0.170 e. The molecule has 64 valence electrons. The highest BCUT2D eigenvalue weighted by molar-refractivity contribution is 6.23. The van der Waals surface area contributed by atoms with Gasteiger partial charge < -0.3 is 9.47 Å². The summed E-state index contributed by atoms with van der Waals surface area (Å²) in [5.41, 5.74) is 0. The molecule has 1 heterocycles. The van der Waals surface area contributed by atoms with Gasteiger partial charge in [0, 0.05) is 11.3 Å². The van der Waals surface area contributed by atoms with Crippen LogP contribution < -0.4 is 0 Å². The molecule has 0 radical (unpaired) electrons. The molecule has 0 aromatic carbocycles. The van der Waals surface area contributed by atoms with Crippen LogP contribution in [0.1, 0.15) is 13.8 Å². The molecule has 0 aromatic heterocycles. The van der Waals surface area contributed by atoms with Crippen LogP contribution in [0.5, 0.6) is 0 Å². The lowest BCUT2D eigenvalue weighted by molar-refractivity contribution is -0.160. The van der Waals surface area contributed by atoms with E-state index >= 15 is 0 Å². The zero-order chi connectivity index (χ0) is 8.06. The molecular formula is C8H13ClO2. The van der Waals surface area contributed by atoms with E-state index in [-0.39, 0.29) is 11.2 Å². The summed E-state index contributed by atoms with van der Waals surface area (Å²) in [7, 11) is 0. The predicted octanol–water partition coefficient (Wildman–Crippen LogP) is 1.62. The quantitative estimate of drug-likeness (QED) is 0.566. The minimum Gasteiger partial charge on any atom is -0.347 e. The minimum atomic E-state index is -0.383. The molecule has 0 N–H and O–H groups in total. The van der Waals surface area contributed by atoms with Gasteiger partial charge in [-0.1, -0.05) is 6.92 Å². The summed E-state index contributed by atoms with van der Waals surface area (Å²) in [6, 6.07) is 0. The van der Waals surface area contributed by atoms with Gasteiger partial charge in [0.05, 0.1) is 13.2 Å². The van der Waals surface area contributed by atoms with E-state index in [0.29, 0.717) is 25.0 Å². The van der Waals surface area contributed by atoms with Gasteiger partial charge in [0.25, 0.3) is 0 Å². The van der Waals surface area contributed by atoms with Crippen LogP contribution >= 0.6 is 11.6 Å². The molecule has 1 saturated carbocycles. The number of alkyl halides is 1. The topological polar surface area (TPSA) is 18.5 Å². The van der Waals surface area contributed by atoms with Crippen molar-refractivity contribution >= 4 is 11.6 Å². The number of ether oxygens (including phenoxy) is 2. The maximum atomic E-state index is 6.01. The predicted molar refractivity (Wildman–Crippen MR) is 42.6 cm³/mol. The molecule has 2 nitrogen and oxygen atoms in total. The van der Waals surface area contributed by atoms with E-state index in [9.17, 15) is 0 Å². The van der Waals surface area contributed by atoms with Crippen molar-refractivity contribution in [2.45, 2.75) is 25.0 Å². The van der Waals surface area contributed by atoms with Crippen LogP contribution in [0.3, 0.4) is 0 Å². The Morgan fingerprint density at radius 2 is 1.82 bits per heavy atom. The monoisotopic (exact) mass is 176 g/mol. The lowest BCUT2D eigenvalue weighted by atomic mass is 10.2. The van der Waals surface area contributed by atoms with E-state index in [1.165, 1.54) is 0 Å². The van der Waals surface area contributed by atoms with Crippen LogP contribution in [0.4, 0.5) is 0 Å². The average molecular weight is 177 g/mol. The Labute approximate surface area is 71.8 Å². The molecule has 0 spiro atoms. The molecular weight excluding hydrogens is 164 g/mol. The van der Waals surface area contributed by atoms with E-state index in [1.54, 1.807) is 0 Å². The van der Waals surface area contributed by atoms with Gasteiger partial charge in [-0.05, 0) is 12.8 Å². The largest absolute Gasteiger partial charge is 0.347 e. The van der Waals surface area contributed by atoms with E-state index in [2.05, 4.69) is 6.92 Å². The van der Waals surface area contributed by atoms with Gasteiger partial charge in [0.1, 0.15) is 0 Å². The zero-order valence-corrected chi connectivity index (χ0v) is 7.60. The van der Waals surface area contributed by atoms with Gasteiger partial charge in [-0.3, -0.25) is 0 Å². The molecule has 0 amide bonds. The van der Waals surface area contributed by atoms with Gasteiger partial charge >= 0.3 is 0 Å². The maximum Gasteiger partial charge on any atom is 0.170 e. The first-order valence-electron chi connectivity index (χ1n) is 4.07. The van der Waals surface area contributed by atoms with E-state index < -0.39 is 0 Å². The SMILES string of the molecule is CC1C(Cl)C1C1(C)OCCO1. The third-order valence-corrected chi connectivity index (χ3v) is 3.41. The van der Waals surface area contributed by atoms with Crippen LogP contribution in [0.25, 0.3) is 0 Å². The molecule has 1 aliphatic heterocycles. The van der Waals surface area contributed by atoms with E-state index in [1.807, 2.05) is 6.92 Å². The molecule has 2 rings (SSSR count). The highest BCUT2D eigenvalue weighted by atomic mass is 35.5. The molecule has 2 aliphatic rings. The average Bonchev–Trinajstić information content (AvgIpc) is 2.45. The van der Waals surface area contributed by atoms with E-state index in [0.717, 1.165) is 0 Å². The molecule has 3 atom stereocenters. The normalized spacial score (nSPS) is 47.7. The Morgan fingerprint density at radius 1 is 1.36 bits per heavy atom. The second-order valence-corrected chi connectivity index (χ2v) is 4.05. The fraction of sp³-hybridized carbons (Fsp3) is 1.00. The Morgan fingerprint density at radius 3 is 2.18 bits per heavy atom. The van der Waals surface area contributed by atoms with Crippen molar-refractivity contribution in [2.75, 3.05) is 13.2 Å².